The fraction of sp³-hybridized carbons (Fsp3) is 0.364. The number of aromatic amines is 1. The number of likely N-dealkylation sites (N-methyl/N-ethyl adjacent to an activating group) is 1. The van der Waals surface area contributed by atoms with Gasteiger partial charge in [-0.25, -0.2) is 4.79 Å². The number of carbonyl (C=O) groups excluding carboxylic acids is 1. The van der Waals surface area contributed by atoms with Crippen LogP contribution in [0.2, 0.25) is 0 Å². The Bertz CT molecular complexity index is 1050. The highest BCUT2D eigenvalue weighted by Gasteiger charge is 2.28. The van der Waals surface area contributed by atoms with Gasteiger partial charge in [-0.05, 0) is 29.7 Å². The van der Waals surface area contributed by atoms with Gasteiger partial charge >= 0.3 is 5.76 Å². The molecule has 0 aliphatic carbocycles. The highest BCUT2D eigenvalue weighted by Crippen LogP contribution is 2.24. The van der Waals surface area contributed by atoms with Crippen LogP contribution in [0.25, 0.3) is 11.1 Å². The number of hydrogen-bond acceptors (Lipinski definition) is 5. The largest absolute Gasteiger partial charge is 0.417 e. The third kappa shape index (κ3) is 4.92. The average molecular weight is 432 g/mol. The number of oxazole rings is 1. The van der Waals surface area contributed by atoms with Crippen molar-refractivity contribution in [1.29, 1.82) is 0 Å². The first-order chi connectivity index (χ1) is 14.0. The van der Waals surface area contributed by atoms with Crippen LogP contribution in [-0.2, 0) is 11.2 Å². The first-order valence-electron chi connectivity index (χ1n) is 9.82. The summed E-state index contributed by atoms with van der Waals surface area (Å²) in [6.45, 7) is 2.14. The number of carbonyl (C=O) groups is 1. The maximum Gasteiger partial charge on any atom is 0.417 e. The molecule has 1 amide bonds. The van der Waals surface area contributed by atoms with Crippen molar-refractivity contribution in [3.63, 3.8) is 0 Å². The first-order valence-corrected chi connectivity index (χ1v) is 9.82. The predicted molar refractivity (Wildman–Crippen MR) is 117 cm³/mol. The lowest BCUT2D eigenvalue weighted by atomic mass is 10.0. The summed E-state index contributed by atoms with van der Waals surface area (Å²) in [5.74, 6) is -0.513. The Hall–Kier alpha value is -2.61. The Morgan fingerprint density at radius 1 is 1.30 bits per heavy atom. The lowest BCUT2D eigenvalue weighted by Gasteiger charge is -2.32. The molecule has 160 valence electrons. The molecule has 7 nitrogen and oxygen atoms in total. The molecule has 0 spiro atoms. The zero-order chi connectivity index (χ0) is 20.4. The Balaban J connectivity index is 0.00000256. The van der Waals surface area contributed by atoms with Crippen LogP contribution in [0.3, 0.4) is 0 Å². The molecule has 1 saturated heterocycles. The molecule has 8 heteroatoms. The SMILES string of the molecule is CN(C(=O)Cc1ccc2oc(=O)[nH]c2c1)[C@H](CN1CC[C@H](O)C1)c1ccccc1.Cl. The van der Waals surface area contributed by atoms with E-state index in [0.717, 1.165) is 24.1 Å². The molecule has 1 fully saturated rings. The van der Waals surface area contributed by atoms with Crippen LogP contribution in [0.5, 0.6) is 0 Å². The van der Waals surface area contributed by atoms with Crippen molar-refractivity contribution in [2.75, 3.05) is 26.7 Å². The Labute approximate surface area is 180 Å². The molecule has 4 rings (SSSR count). The average Bonchev–Trinajstić information content (AvgIpc) is 3.30. The minimum absolute atomic E-state index is 0. The molecule has 2 atom stereocenters. The second-order valence-corrected chi connectivity index (χ2v) is 7.66. The summed E-state index contributed by atoms with van der Waals surface area (Å²) in [5, 5.41) is 9.86. The van der Waals surface area contributed by atoms with Gasteiger partial charge in [0.15, 0.2) is 5.58 Å². The summed E-state index contributed by atoms with van der Waals surface area (Å²) in [7, 11) is 1.82. The van der Waals surface area contributed by atoms with Gasteiger partial charge < -0.3 is 14.4 Å². The standard InChI is InChI=1S/C22H25N3O4.ClH/c1-24(21(27)12-15-7-8-20-18(11-15)23-22(28)29-20)19(16-5-3-2-4-6-16)14-25-10-9-17(26)13-25;/h2-8,11,17,19,26H,9-10,12-14H2,1H3,(H,23,28);1H/t17-,19+;/m0./s1. The van der Waals surface area contributed by atoms with Crippen LogP contribution in [-0.4, -0.2) is 58.6 Å². The van der Waals surface area contributed by atoms with Crippen molar-refractivity contribution in [2.24, 2.45) is 0 Å². The monoisotopic (exact) mass is 431 g/mol. The van der Waals surface area contributed by atoms with Gasteiger partial charge in [-0.3, -0.25) is 14.7 Å². The molecule has 0 saturated carbocycles. The Morgan fingerprint density at radius 3 is 2.77 bits per heavy atom. The second kappa shape index (κ2) is 9.47. The van der Waals surface area contributed by atoms with Crippen molar-refractivity contribution in [2.45, 2.75) is 25.0 Å². The van der Waals surface area contributed by atoms with E-state index < -0.39 is 5.76 Å². The van der Waals surface area contributed by atoms with Crippen LogP contribution < -0.4 is 5.76 Å². The topological polar surface area (TPSA) is 89.8 Å². The van der Waals surface area contributed by atoms with E-state index >= 15 is 0 Å². The number of nitrogens with one attached hydrogen (secondary N) is 1. The van der Waals surface area contributed by atoms with E-state index in [4.69, 9.17) is 4.42 Å². The zero-order valence-electron chi connectivity index (χ0n) is 16.8. The molecule has 2 aromatic carbocycles. The third-order valence-corrected chi connectivity index (χ3v) is 5.56. The number of rotatable bonds is 6. The van der Waals surface area contributed by atoms with Gasteiger partial charge in [0.25, 0.3) is 0 Å². The van der Waals surface area contributed by atoms with Crippen LogP contribution in [0, 0.1) is 0 Å². The number of H-pyrrole nitrogens is 1. The molecule has 0 unspecified atom stereocenters. The maximum absolute atomic E-state index is 13.1. The number of fused-ring (bicyclic) bond motifs is 1. The van der Waals surface area contributed by atoms with Gasteiger partial charge in [0.05, 0.1) is 24.1 Å². The molecule has 0 radical (unpaired) electrons. The number of halogens is 1. The quantitative estimate of drug-likeness (QED) is 0.625. The van der Waals surface area contributed by atoms with Crippen molar-refractivity contribution in [3.05, 3.63) is 70.2 Å². The third-order valence-electron chi connectivity index (χ3n) is 5.56. The summed E-state index contributed by atoms with van der Waals surface area (Å²) >= 11 is 0. The van der Waals surface area contributed by atoms with E-state index in [0.29, 0.717) is 24.2 Å². The normalized spacial score (nSPS) is 17.6. The molecule has 30 heavy (non-hydrogen) atoms. The smallest absolute Gasteiger partial charge is 0.408 e. The van der Waals surface area contributed by atoms with Crippen molar-refractivity contribution in [1.82, 2.24) is 14.8 Å². The van der Waals surface area contributed by atoms with E-state index in [9.17, 15) is 14.7 Å². The van der Waals surface area contributed by atoms with E-state index in [1.807, 2.05) is 37.4 Å². The minimum Gasteiger partial charge on any atom is -0.408 e. The van der Waals surface area contributed by atoms with Gasteiger partial charge in [0.1, 0.15) is 0 Å². The minimum atomic E-state index is -0.502. The summed E-state index contributed by atoms with van der Waals surface area (Å²) in [5.41, 5.74) is 2.96. The number of amides is 1. The fourth-order valence-electron chi connectivity index (χ4n) is 3.93. The van der Waals surface area contributed by atoms with Crippen molar-refractivity contribution >= 4 is 29.4 Å². The summed E-state index contributed by atoms with van der Waals surface area (Å²) in [6.07, 6.45) is 0.699. The highest BCUT2D eigenvalue weighted by atomic mass is 35.5. The number of aliphatic hydroxyl groups excluding tert-OH is 1. The Morgan fingerprint density at radius 2 is 2.07 bits per heavy atom. The van der Waals surface area contributed by atoms with Gasteiger partial charge in [0, 0.05) is 26.7 Å². The second-order valence-electron chi connectivity index (χ2n) is 7.66. The number of β-amino-alcohol motifs (C(OH)–C–C–N with tert-alkyl or cyclic N) is 1. The molecular formula is C22H26ClN3O4. The summed E-state index contributed by atoms with van der Waals surface area (Å²) < 4.78 is 5.02. The molecule has 2 N–H and O–H groups in total. The number of hydrogen-bond donors (Lipinski definition) is 2. The van der Waals surface area contributed by atoms with E-state index in [2.05, 4.69) is 9.88 Å². The molecule has 3 aromatic rings. The lowest BCUT2D eigenvalue weighted by Crippen LogP contribution is -2.39. The van der Waals surface area contributed by atoms with Crippen LogP contribution in [0.1, 0.15) is 23.6 Å². The summed E-state index contributed by atoms with van der Waals surface area (Å²) in [6, 6.07) is 15.2. The van der Waals surface area contributed by atoms with Gasteiger partial charge in [-0.1, -0.05) is 36.4 Å². The Kier molecular flexibility index (Phi) is 6.97. The lowest BCUT2D eigenvalue weighted by molar-refractivity contribution is -0.131. The van der Waals surface area contributed by atoms with Gasteiger partial charge in [-0.15, -0.1) is 12.4 Å². The van der Waals surface area contributed by atoms with E-state index in [1.54, 1.807) is 23.1 Å². The zero-order valence-corrected chi connectivity index (χ0v) is 17.6. The molecular weight excluding hydrogens is 406 g/mol. The van der Waals surface area contributed by atoms with Crippen LogP contribution in [0.15, 0.2) is 57.7 Å². The molecule has 1 aliphatic rings. The number of aliphatic hydroxyl groups is 1. The van der Waals surface area contributed by atoms with Crippen molar-refractivity contribution < 1.29 is 14.3 Å². The molecule has 2 heterocycles. The highest BCUT2D eigenvalue weighted by molar-refractivity contribution is 5.85. The van der Waals surface area contributed by atoms with Gasteiger partial charge in [-0.2, -0.15) is 0 Å². The van der Waals surface area contributed by atoms with Gasteiger partial charge in [0.2, 0.25) is 5.91 Å². The maximum atomic E-state index is 13.1. The van der Waals surface area contributed by atoms with Crippen molar-refractivity contribution in [3.8, 4) is 0 Å². The number of aromatic nitrogens is 1. The van der Waals surface area contributed by atoms with Crippen LogP contribution in [0.4, 0.5) is 0 Å². The fourth-order valence-corrected chi connectivity index (χ4v) is 3.93. The molecule has 0 bridgehead atoms. The van der Waals surface area contributed by atoms with E-state index in [-0.39, 0.29) is 36.9 Å². The predicted octanol–water partition coefficient (Wildman–Crippen LogP) is 2.35. The molecule has 1 aromatic heterocycles. The molecule has 1 aliphatic heterocycles. The summed E-state index contributed by atoms with van der Waals surface area (Å²) in [4.78, 5) is 31.0. The number of likely N-dealkylation sites (tertiary alicyclic amines) is 1. The first kappa shape index (κ1) is 22.1. The number of benzene rings is 2. The number of nitrogens with zero attached hydrogens (tertiary/aromatic N) is 2. The van der Waals surface area contributed by atoms with E-state index in [1.165, 1.54) is 0 Å². The van der Waals surface area contributed by atoms with Crippen LogP contribution >= 0.6 is 12.4 Å².